The normalized spacial score (nSPS) is 15.0. The molecule has 1 aliphatic rings. The maximum absolute atomic E-state index is 12.6. The number of pyridine rings is 1. The SMILES string of the molecule is Cc1cccc(C(=O)N2CCN(c3ccc4nccn4n3)CC2)n1. The van der Waals surface area contributed by atoms with Crippen molar-refractivity contribution < 1.29 is 4.79 Å². The number of fused-ring (bicyclic) bond motifs is 1. The summed E-state index contributed by atoms with van der Waals surface area (Å²) in [5, 5.41) is 4.56. The zero-order chi connectivity index (χ0) is 16.5. The number of carbonyl (C=O) groups is 1. The van der Waals surface area contributed by atoms with E-state index in [9.17, 15) is 4.79 Å². The summed E-state index contributed by atoms with van der Waals surface area (Å²) in [7, 11) is 0. The van der Waals surface area contributed by atoms with Crippen molar-refractivity contribution in [3.63, 3.8) is 0 Å². The second-order valence-corrected chi connectivity index (χ2v) is 5.86. The number of amides is 1. The monoisotopic (exact) mass is 322 g/mol. The predicted molar refractivity (Wildman–Crippen MR) is 90.1 cm³/mol. The number of piperazine rings is 1. The number of imidazole rings is 1. The fraction of sp³-hybridized carbons (Fsp3) is 0.294. The molecule has 0 aromatic carbocycles. The van der Waals surface area contributed by atoms with Gasteiger partial charge in [-0.05, 0) is 31.2 Å². The first-order valence-electron chi connectivity index (χ1n) is 7.99. The van der Waals surface area contributed by atoms with E-state index in [1.54, 1.807) is 16.8 Å². The molecule has 1 saturated heterocycles. The van der Waals surface area contributed by atoms with Gasteiger partial charge in [-0.15, -0.1) is 5.10 Å². The first-order chi connectivity index (χ1) is 11.7. The lowest BCUT2D eigenvalue weighted by Gasteiger charge is -2.35. The van der Waals surface area contributed by atoms with Crippen LogP contribution in [0.15, 0.2) is 42.7 Å². The molecule has 1 amide bonds. The second kappa shape index (κ2) is 5.92. The van der Waals surface area contributed by atoms with E-state index in [1.165, 1.54) is 0 Å². The third-order valence-electron chi connectivity index (χ3n) is 4.24. The molecule has 3 aromatic heterocycles. The van der Waals surface area contributed by atoms with Crippen LogP contribution in [0.2, 0.25) is 0 Å². The first kappa shape index (κ1) is 14.6. The van der Waals surface area contributed by atoms with Gasteiger partial charge in [0.1, 0.15) is 11.5 Å². The van der Waals surface area contributed by atoms with Crippen LogP contribution in [0.25, 0.3) is 5.65 Å². The van der Waals surface area contributed by atoms with Crippen molar-refractivity contribution in [1.29, 1.82) is 0 Å². The van der Waals surface area contributed by atoms with Gasteiger partial charge in [-0.3, -0.25) is 4.79 Å². The van der Waals surface area contributed by atoms with Crippen molar-refractivity contribution in [3.8, 4) is 0 Å². The van der Waals surface area contributed by atoms with Crippen molar-refractivity contribution in [2.75, 3.05) is 31.1 Å². The van der Waals surface area contributed by atoms with Crippen molar-refractivity contribution >= 4 is 17.4 Å². The van der Waals surface area contributed by atoms with Gasteiger partial charge in [-0.1, -0.05) is 6.07 Å². The molecular weight excluding hydrogens is 304 g/mol. The van der Waals surface area contributed by atoms with Crippen LogP contribution in [0.3, 0.4) is 0 Å². The van der Waals surface area contributed by atoms with Crippen LogP contribution in [0.4, 0.5) is 5.82 Å². The summed E-state index contributed by atoms with van der Waals surface area (Å²) in [5.74, 6) is 0.901. The highest BCUT2D eigenvalue weighted by molar-refractivity contribution is 5.92. The van der Waals surface area contributed by atoms with Crippen molar-refractivity contribution in [3.05, 3.63) is 54.1 Å². The first-order valence-corrected chi connectivity index (χ1v) is 7.99. The van der Waals surface area contributed by atoms with Gasteiger partial charge in [0.05, 0.1) is 0 Å². The molecule has 3 aromatic rings. The third kappa shape index (κ3) is 2.68. The fourth-order valence-electron chi connectivity index (χ4n) is 2.94. The average Bonchev–Trinajstić information content (AvgIpc) is 3.09. The average molecular weight is 322 g/mol. The smallest absolute Gasteiger partial charge is 0.272 e. The largest absolute Gasteiger partial charge is 0.352 e. The molecule has 0 bridgehead atoms. The molecule has 7 heteroatoms. The van der Waals surface area contributed by atoms with E-state index in [0.717, 1.165) is 30.2 Å². The molecular formula is C17H18N6O. The number of aryl methyl sites for hydroxylation is 1. The third-order valence-corrected chi connectivity index (χ3v) is 4.24. The number of hydrogen-bond acceptors (Lipinski definition) is 5. The Morgan fingerprint density at radius 2 is 1.92 bits per heavy atom. The highest BCUT2D eigenvalue weighted by Crippen LogP contribution is 2.15. The highest BCUT2D eigenvalue weighted by Gasteiger charge is 2.23. The van der Waals surface area contributed by atoms with Gasteiger partial charge in [0.15, 0.2) is 5.65 Å². The summed E-state index contributed by atoms with van der Waals surface area (Å²) in [6, 6.07) is 9.47. The molecule has 122 valence electrons. The zero-order valence-electron chi connectivity index (χ0n) is 13.5. The van der Waals surface area contributed by atoms with Crippen LogP contribution in [0, 0.1) is 6.92 Å². The Labute approximate surface area is 139 Å². The molecule has 0 saturated carbocycles. The van der Waals surface area contributed by atoms with E-state index < -0.39 is 0 Å². The summed E-state index contributed by atoms with van der Waals surface area (Å²) in [6.45, 7) is 4.73. The number of aromatic nitrogens is 4. The van der Waals surface area contributed by atoms with E-state index in [-0.39, 0.29) is 5.91 Å². The predicted octanol–water partition coefficient (Wildman–Crippen LogP) is 1.40. The maximum atomic E-state index is 12.6. The van der Waals surface area contributed by atoms with Crippen LogP contribution in [-0.4, -0.2) is 56.6 Å². The number of hydrogen-bond donors (Lipinski definition) is 0. The Morgan fingerprint density at radius 1 is 1.08 bits per heavy atom. The Kier molecular flexibility index (Phi) is 3.60. The quantitative estimate of drug-likeness (QED) is 0.713. The van der Waals surface area contributed by atoms with Crippen LogP contribution in [0.1, 0.15) is 16.2 Å². The van der Waals surface area contributed by atoms with Gasteiger partial charge in [-0.25, -0.2) is 14.5 Å². The summed E-state index contributed by atoms with van der Waals surface area (Å²) >= 11 is 0. The molecule has 7 nitrogen and oxygen atoms in total. The Morgan fingerprint density at radius 3 is 2.71 bits per heavy atom. The summed E-state index contributed by atoms with van der Waals surface area (Å²) in [6.07, 6.45) is 3.57. The molecule has 4 heterocycles. The van der Waals surface area contributed by atoms with Crippen molar-refractivity contribution in [1.82, 2.24) is 24.5 Å². The standard InChI is InChI=1S/C17H18N6O/c1-13-3-2-4-14(19-13)17(24)22-11-9-21(10-12-22)16-6-5-15-18-7-8-23(15)20-16/h2-8H,9-12H2,1H3. The minimum Gasteiger partial charge on any atom is -0.352 e. The van der Waals surface area contributed by atoms with E-state index in [4.69, 9.17) is 0 Å². The van der Waals surface area contributed by atoms with Gasteiger partial charge in [0.25, 0.3) is 5.91 Å². The van der Waals surface area contributed by atoms with Crippen LogP contribution in [0.5, 0.6) is 0 Å². The van der Waals surface area contributed by atoms with E-state index in [0.29, 0.717) is 18.8 Å². The van der Waals surface area contributed by atoms with E-state index in [2.05, 4.69) is 20.0 Å². The summed E-state index contributed by atoms with van der Waals surface area (Å²) in [5.41, 5.74) is 2.21. The van der Waals surface area contributed by atoms with Gasteiger partial charge in [-0.2, -0.15) is 0 Å². The van der Waals surface area contributed by atoms with Crippen LogP contribution < -0.4 is 4.90 Å². The molecule has 4 rings (SSSR count). The lowest BCUT2D eigenvalue weighted by molar-refractivity contribution is 0.0740. The Balaban J connectivity index is 1.45. The van der Waals surface area contributed by atoms with E-state index >= 15 is 0 Å². The molecule has 0 radical (unpaired) electrons. The van der Waals surface area contributed by atoms with Crippen LogP contribution >= 0.6 is 0 Å². The highest BCUT2D eigenvalue weighted by atomic mass is 16.2. The zero-order valence-corrected chi connectivity index (χ0v) is 13.5. The fourth-order valence-corrected chi connectivity index (χ4v) is 2.94. The molecule has 1 aliphatic heterocycles. The number of carbonyl (C=O) groups excluding carboxylic acids is 1. The number of rotatable bonds is 2. The molecule has 0 aliphatic carbocycles. The van der Waals surface area contributed by atoms with Crippen molar-refractivity contribution in [2.45, 2.75) is 6.92 Å². The second-order valence-electron chi connectivity index (χ2n) is 5.86. The van der Waals surface area contributed by atoms with Gasteiger partial charge in [0, 0.05) is 44.3 Å². The summed E-state index contributed by atoms with van der Waals surface area (Å²) in [4.78, 5) is 25.1. The van der Waals surface area contributed by atoms with Gasteiger partial charge < -0.3 is 9.80 Å². The Hall–Kier alpha value is -2.96. The summed E-state index contributed by atoms with van der Waals surface area (Å²) < 4.78 is 1.77. The lowest BCUT2D eigenvalue weighted by atomic mass is 10.2. The maximum Gasteiger partial charge on any atom is 0.272 e. The van der Waals surface area contributed by atoms with E-state index in [1.807, 2.05) is 42.3 Å². The topological polar surface area (TPSA) is 66.6 Å². The molecule has 0 atom stereocenters. The van der Waals surface area contributed by atoms with Gasteiger partial charge in [0.2, 0.25) is 0 Å². The minimum absolute atomic E-state index is 0.00336. The number of nitrogens with zero attached hydrogens (tertiary/aromatic N) is 6. The molecule has 24 heavy (non-hydrogen) atoms. The molecule has 0 N–H and O–H groups in total. The molecule has 1 fully saturated rings. The Bertz CT molecular complexity index is 881. The van der Waals surface area contributed by atoms with Crippen molar-refractivity contribution in [2.24, 2.45) is 0 Å². The number of anilines is 1. The molecule has 0 unspecified atom stereocenters. The molecule has 0 spiro atoms. The van der Waals surface area contributed by atoms with Crippen LogP contribution in [-0.2, 0) is 0 Å². The van der Waals surface area contributed by atoms with Gasteiger partial charge >= 0.3 is 0 Å². The minimum atomic E-state index is -0.00336. The lowest BCUT2D eigenvalue weighted by Crippen LogP contribution is -2.49.